The lowest BCUT2D eigenvalue weighted by Gasteiger charge is -2.41. The Balaban J connectivity index is 0.875. The molecular formula is C71H85FN4O22. The first-order chi connectivity index (χ1) is 46.3. The molecule has 5 fully saturated rings. The number of hydrogen-bond acceptors (Lipinski definition) is 22. The Bertz CT molecular complexity index is 3980. The average Bonchev–Trinajstić information content (AvgIpc) is 1.40. The summed E-state index contributed by atoms with van der Waals surface area (Å²) in [7, 11) is 1.36. The number of piperidine rings is 1. The van der Waals surface area contributed by atoms with E-state index in [-0.39, 0.29) is 88.8 Å². The summed E-state index contributed by atoms with van der Waals surface area (Å²) in [6.45, 7) is 17.3. The second-order valence-electron chi connectivity index (χ2n) is 28.0. The summed E-state index contributed by atoms with van der Waals surface area (Å²) in [6.07, 6.45) is 2.37. The first-order valence-corrected chi connectivity index (χ1v) is 33.2. The zero-order valence-electron chi connectivity index (χ0n) is 56.8. The quantitative estimate of drug-likeness (QED) is 0.116. The number of aromatic hydroxyl groups is 1. The van der Waals surface area contributed by atoms with Crippen molar-refractivity contribution >= 4 is 63.7 Å². The van der Waals surface area contributed by atoms with Gasteiger partial charge in [-0.2, -0.15) is 0 Å². The average molecular weight is 1370 g/mol. The number of benzene rings is 2. The van der Waals surface area contributed by atoms with Crippen LogP contribution in [-0.2, 0) is 52.3 Å². The van der Waals surface area contributed by atoms with Crippen molar-refractivity contribution < 1.29 is 106 Å². The maximum absolute atomic E-state index is 16.6. The van der Waals surface area contributed by atoms with Gasteiger partial charge in [-0.05, 0) is 85.3 Å². The second-order valence-corrected chi connectivity index (χ2v) is 28.0. The third kappa shape index (κ3) is 13.2. The number of likely N-dealkylation sites (tertiary alicyclic amines) is 1. The monoisotopic (exact) mass is 1360 g/mol. The maximum Gasteiger partial charge on any atom is 0.341 e. The van der Waals surface area contributed by atoms with Crippen LogP contribution in [0.5, 0.6) is 17.2 Å². The van der Waals surface area contributed by atoms with Gasteiger partial charge in [0, 0.05) is 99.4 Å². The summed E-state index contributed by atoms with van der Waals surface area (Å²) in [5.74, 6) is -15.4. The van der Waals surface area contributed by atoms with Crippen LogP contribution < -0.4 is 25.1 Å². The molecule has 2 aliphatic carbocycles. The van der Waals surface area contributed by atoms with Gasteiger partial charge in [0.05, 0.1) is 88.6 Å². The number of Topliss-reactive ketones (excluding diaryl/α,β-unsaturated/α-hetero) is 2. The number of carboxylic acid groups (broad SMARTS) is 1. The number of nitrogens with one attached hydrogen (secondary N) is 1. The van der Waals surface area contributed by atoms with E-state index in [1.165, 1.54) is 72.2 Å². The number of hydrogen-bond donors (Lipinski definition) is 5. The Morgan fingerprint density at radius 2 is 1.66 bits per heavy atom. The Labute approximate surface area is 564 Å². The van der Waals surface area contributed by atoms with Crippen molar-refractivity contribution in [1.29, 1.82) is 0 Å². The number of aromatic carboxylic acids is 1. The third-order valence-electron chi connectivity index (χ3n) is 20.7. The van der Waals surface area contributed by atoms with Crippen molar-refractivity contribution in [1.82, 2.24) is 14.8 Å². The number of ether oxygens (including phenoxy) is 9. The van der Waals surface area contributed by atoms with E-state index in [1.807, 2.05) is 0 Å². The van der Waals surface area contributed by atoms with E-state index >= 15 is 4.39 Å². The van der Waals surface area contributed by atoms with Crippen molar-refractivity contribution in [2.75, 3.05) is 38.4 Å². The SMILES string of the molecule is COc1c(N2C[C@@H]3CCCN(C(=O)CC(C)(C)C(=O)OC(C)[C@H]4/C=C/C=C(/C)C(=O)NC5=CC(=O)c6c(c(O)c(C)c7c6C(=O)[C@@](C)(O/C=C/[C@H](O[C@H]6C[C@@H]8OCO[C@@H]8[C@@H](C)O6)[C@@H](C)[C@@H](OC(C)=O)[C@H](C)[C@H](O)[C@H](C)[C@H]4O)O7)C5=O)[C@@H]3C2)c(F)cc2c(=O)c(C(=O)O)cn(C3CC3)c12. The van der Waals surface area contributed by atoms with Gasteiger partial charge in [-0.15, -0.1) is 0 Å². The van der Waals surface area contributed by atoms with Gasteiger partial charge in [-0.25, -0.2) is 9.18 Å². The van der Waals surface area contributed by atoms with Gasteiger partial charge >= 0.3 is 23.7 Å². The van der Waals surface area contributed by atoms with Gasteiger partial charge in [-0.3, -0.25) is 38.4 Å². The number of aliphatic hydroxyl groups excluding tert-OH is 2. The minimum Gasteiger partial charge on any atom is -0.507 e. The fourth-order valence-electron chi connectivity index (χ4n) is 15.0. The highest BCUT2D eigenvalue weighted by Gasteiger charge is 2.53. The molecule has 0 radical (unpaired) electrons. The van der Waals surface area contributed by atoms with Crippen LogP contribution in [0.3, 0.4) is 0 Å². The maximum atomic E-state index is 16.6. The Kier molecular flexibility index (Phi) is 19.8. The summed E-state index contributed by atoms with van der Waals surface area (Å²) >= 11 is 0. The molecule has 9 aliphatic rings. The highest BCUT2D eigenvalue weighted by Crippen LogP contribution is 2.50. The molecular weight excluding hydrogens is 1280 g/mol. The lowest BCUT2D eigenvalue weighted by atomic mass is 9.77. The van der Waals surface area contributed by atoms with Crippen molar-refractivity contribution in [2.24, 2.45) is 35.0 Å². The van der Waals surface area contributed by atoms with Crippen LogP contribution >= 0.6 is 0 Å². The van der Waals surface area contributed by atoms with Crippen molar-refractivity contribution in [3.8, 4) is 17.2 Å². The number of carbonyl (C=O) groups is 8. The van der Waals surface area contributed by atoms with Crippen LogP contribution in [-0.4, -0.2) is 177 Å². The number of phenolic OH excluding ortho intramolecular Hbond substituents is 1. The molecule has 27 heteroatoms. The van der Waals surface area contributed by atoms with Gasteiger partial charge in [-0.1, -0.05) is 39.0 Å². The van der Waals surface area contributed by atoms with Crippen molar-refractivity contribution in [3.05, 3.63) is 104 Å². The minimum absolute atomic E-state index is 0.0302. The molecule has 3 aromatic rings. The molecule has 1 aromatic heterocycles. The fourth-order valence-corrected chi connectivity index (χ4v) is 15.0. The molecule has 2 aromatic carbocycles. The van der Waals surface area contributed by atoms with E-state index < -0.39 is 177 Å². The van der Waals surface area contributed by atoms with Crippen LogP contribution in [0.2, 0.25) is 0 Å². The Morgan fingerprint density at radius 3 is 2.35 bits per heavy atom. The molecule has 1 saturated carbocycles. The molecule has 0 spiro atoms. The number of halogens is 1. The van der Waals surface area contributed by atoms with Crippen LogP contribution in [0.15, 0.2) is 65.0 Å². The molecule has 5 N–H and O–H groups in total. The number of esters is 2. The predicted octanol–water partition coefficient (Wildman–Crippen LogP) is 6.83. The number of amides is 2. The number of rotatable bonds is 12. The normalized spacial score (nSPS) is 32.2. The van der Waals surface area contributed by atoms with E-state index in [9.17, 15) is 63.6 Å². The number of carbonyl (C=O) groups excluding carboxylic acids is 7. The number of anilines is 1. The molecule has 528 valence electrons. The molecule has 4 saturated heterocycles. The number of carboxylic acids is 1. The summed E-state index contributed by atoms with van der Waals surface area (Å²) in [6, 6.07) is 0.487. The minimum atomic E-state index is -2.22. The molecule has 98 heavy (non-hydrogen) atoms. The van der Waals surface area contributed by atoms with E-state index in [0.717, 1.165) is 31.2 Å². The number of fused-ring (bicyclic) bond motifs is 17. The summed E-state index contributed by atoms with van der Waals surface area (Å²) in [5, 5.41) is 48.9. The molecule has 5 bridgehead atoms. The van der Waals surface area contributed by atoms with Crippen molar-refractivity contribution in [2.45, 2.75) is 188 Å². The van der Waals surface area contributed by atoms with Gasteiger partial charge < -0.3 is 82.7 Å². The summed E-state index contributed by atoms with van der Waals surface area (Å²) in [5.41, 5.74) is -4.54. The van der Waals surface area contributed by atoms with Gasteiger partial charge in [0.25, 0.3) is 11.7 Å². The Morgan fingerprint density at radius 1 is 0.939 bits per heavy atom. The smallest absolute Gasteiger partial charge is 0.341 e. The molecule has 7 aliphatic heterocycles. The standard InChI is InChI=1S/C71H85FN4O22/c1-31-15-13-17-41(36(6)95-69(89)70(9,10)26-50(79)75-21-14-16-39-27-74(29-46(39)75)56-44(72)23-42-55(65(56)90-12)76(40-18-19-40)28-43(60(42)83)68(87)88)58(81)33(3)57(80)34(4)62(96-38(8)77)32(2)48(97-51-25-49-64(37(7)94-51)92-30-91-49)20-22-93-71(11)66(85)54-52-47(78)24-45(73-67(31)86)61(84)53(52)59(82)35(5)63(54)98-71/h13,15,17,20,22-24,28,32-34,36-37,39-41,46,48-49,51,57-58,62,64,80-82H,14,16,18-19,21,25-27,29-30H2,1-12H3,(H,73,86)(H,87,88)/b17-13+,22-20+,31-15-/t32-,33+,34-,36?,37-,39+,41-,46-,48+,49+,51+,57-,58-,62-,64-,71+/m1/s1. The van der Waals surface area contributed by atoms with Crippen LogP contribution in [0, 0.1) is 47.7 Å². The highest BCUT2D eigenvalue weighted by atomic mass is 19.1. The van der Waals surface area contributed by atoms with Gasteiger partial charge in [0.2, 0.25) is 17.1 Å². The van der Waals surface area contributed by atoms with Gasteiger partial charge in [0.15, 0.2) is 23.6 Å². The predicted molar refractivity (Wildman–Crippen MR) is 346 cm³/mol. The summed E-state index contributed by atoms with van der Waals surface area (Å²) < 4.78 is 73.1. The number of ketones is 3. The number of methoxy groups -OCH3 is 1. The van der Waals surface area contributed by atoms with Crippen molar-refractivity contribution in [3.63, 3.8) is 0 Å². The molecule has 8 heterocycles. The van der Waals surface area contributed by atoms with E-state index in [0.29, 0.717) is 25.9 Å². The van der Waals surface area contributed by atoms with E-state index in [4.69, 9.17) is 42.6 Å². The number of pyridine rings is 1. The second kappa shape index (κ2) is 27.4. The number of phenols is 1. The fraction of sp³-hybridized carbons (Fsp3) is 0.563. The molecule has 16 atom stereocenters. The zero-order chi connectivity index (χ0) is 71.0. The number of allylic oxidation sites excluding steroid dienone is 4. The largest absolute Gasteiger partial charge is 0.507 e. The topological polar surface area (TPSA) is 341 Å². The number of nitrogens with zero attached hydrogens (tertiary/aromatic N) is 3. The molecule has 12 rings (SSSR count). The van der Waals surface area contributed by atoms with Gasteiger partial charge in [0.1, 0.15) is 47.9 Å². The first-order valence-electron chi connectivity index (χ1n) is 33.2. The number of aliphatic hydroxyl groups is 2. The lowest BCUT2D eigenvalue weighted by molar-refractivity contribution is -0.246. The van der Waals surface area contributed by atoms with E-state index in [2.05, 4.69) is 5.32 Å². The third-order valence-corrected chi connectivity index (χ3v) is 20.7. The Hall–Kier alpha value is -8.34. The van der Waals surface area contributed by atoms with Crippen LogP contribution in [0.25, 0.3) is 10.9 Å². The molecule has 26 nitrogen and oxygen atoms in total. The lowest BCUT2D eigenvalue weighted by Crippen LogP contribution is -2.50. The number of aromatic nitrogens is 1. The van der Waals surface area contributed by atoms with E-state index in [1.54, 1.807) is 55.9 Å². The zero-order valence-corrected chi connectivity index (χ0v) is 56.8. The summed E-state index contributed by atoms with van der Waals surface area (Å²) in [4.78, 5) is 129. The van der Waals surface area contributed by atoms with Crippen LogP contribution in [0.1, 0.15) is 161 Å². The highest BCUT2D eigenvalue weighted by molar-refractivity contribution is 6.31. The molecule has 1 unspecified atom stereocenters. The first kappa shape index (κ1) is 71.0. The van der Waals surface area contributed by atoms with Crippen LogP contribution in [0.4, 0.5) is 10.1 Å². The molecule has 2 amide bonds.